The molecule has 2 atom stereocenters. The summed E-state index contributed by atoms with van der Waals surface area (Å²) in [4.78, 5) is 0.260. The minimum absolute atomic E-state index is 0.130. The lowest BCUT2D eigenvalue weighted by Gasteiger charge is -2.12. The zero-order chi connectivity index (χ0) is 24.5. The molecule has 2 unspecified atom stereocenters. The Bertz CT molecular complexity index is 1060. The van der Waals surface area contributed by atoms with Crippen molar-refractivity contribution in [2.45, 2.75) is 62.4 Å². The number of rotatable bonds is 12. The molecule has 0 heterocycles. The van der Waals surface area contributed by atoms with Gasteiger partial charge >= 0.3 is 0 Å². The van der Waals surface area contributed by atoms with Crippen molar-refractivity contribution in [2.24, 2.45) is 0 Å². The SMILES string of the molecule is CCC=CC(C)NS(=O)(=O)c1ccc(Oc2ccc(S(=O)(=O)NC(C)C=CCC)cc2)cc1. The molecule has 0 bridgehead atoms. The van der Waals surface area contributed by atoms with Crippen LogP contribution in [0, 0.1) is 0 Å². The molecule has 2 rings (SSSR count). The van der Waals surface area contributed by atoms with E-state index in [1.807, 2.05) is 26.0 Å². The largest absolute Gasteiger partial charge is 0.457 e. The maximum Gasteiger partial charge on any atom is 0.241 e. The number of benzene rings is 2. The fraction of sp³-hybridized carbons (Fsp3) is 0.333. The van der Waals surface area contributed by atoms with Crippen LogP contribution in [0.25, 0.3) is 0 Å². The number of hydrogen-bond donors (Lipinski definition) is 2. The van der Waals surface area contributed by atoms with E-state index in [9.17, 15) is 16.8 Å². The summed E-state index contributed by atoms with van der Waals surface area (Å²) in [6.45, 7) is 7.49. The number of allylic oxidation sites excluding steroid dienone is 2. The average Bonchev–Trinajstić information content (AvgIpc) is 2.76. The summed E-state index contributed by atoms with van der Waals surface area (Å²) in [6, 6.07) is 11.4. The van der Waals surface area contributed by atoms with Gasteiger partial charge in [-0.05, 0) is 75.2 Å². The third kappa shape index (κ3) is 8.43. The van der Waals surface area contributed by atoms with Crippen molar-refractivity contribution >= 4 is 20.0 Å². The van der Waals surface area contributed by atoms with Crippen molar-refractivity contribution < 1.29 is 21.6 Å². The molecule has 0 saturated carbocycles. The second kappa shape index (κ2) is 12.1. The van der Waals surface area contributed by atoms with E-state index in [0.717, 1.165) is 12.8 Å². The fourth-order valence-corrected chi connectivity index (χ4v) is 5.29. The predicted octanol–water partition coefficient (Wildman–Crippen LogP) is 4.74. The van der Waals surface area contributed by atoms with Crippen molar-refractivity contribution in [3.8, 4) is 11.5 Å². The first-order valence-electron chi connectivity index (χ1n) is 10.8. The molecule has 0 aliphatic heterocycles. The Labute approximate surface area is 197 Å². The van der Waals surface area contributed by atoms with Crippen molar-refractivity contribution in [1.82, 2.24) is 9.44 Å². The summed E-state index contributed by atoms with van der Waals surface area (Å²) in [5.41, 5.74) is 0. The van der Waals surface area contributed by atoms with Crippen LogP contribution in [0.4, 0.5) is 0 Å². The fourth-order valence-electron chi connectivity index (χ4n) is 2.89. The summed E-state index contributed by atoms with van der Waals surface area (Å²) < 4.78 is 60.9. The van der Waals surface area contributed by atoms with Crippen molar-refractivity contribution in [2.75, 3.05) is 0 Å². The van der Waals surface area contributed by atoms with Gasteiger partial charge in [0.2, 0.25) is 20.0 Å². The molecule has 180 valence electrons. The minimum Gasteiger partial charge on any atom is -0.457 e. The lowest BCUT2D eigenvalue weighted by molar-refractivity contribution is 0.481. The van der Waals surface area contributed by atoms with Gasteiger partial charge in [0.25, 0.3) is 0 Å². The lowest BCUT2D eigenvalue weighted by Crippen LogP contribution is -2.31. The average molecular weight is 493 g/mol. The first kappa shape index (κ1) is 26.8. The molecule has 0 fully saturated rings. The maximum atomic E-state index is 12.5. The smallest absolute Gasteiger partial charge is 0.241 e. The number of nitrogens with one attached hydrogen (secondary N) is 2. The van der Waals surface area contributed by atoms with Crippen molar-refractivity contribution in [3.05, 3.63) is 72.8 Å². The van der Waals surface area contributed by atoms with E-state index in [1.54, 1.807) is 50.3 Å². The van der Waals surface area contributed by atoms with Gasteiger partial charge in [0.1, 0.15) is 11.5 Å². The number of hydrogen-bond acceptors (Lipinski definition) is 5. The minimum atomic E-state index is -3.65. The monoisotopic (exact) mass is 492 g/mol. The Balaban J connectivity index is 2.05. The second-order valence-electron chi connectivity index (χ2n) is 7.54. The van der Waals surface area contributed by atoms with Crippen LogP contribution in [-0.2, 0) is 20.0 Å². The Hall–Kier alpha value is -2.46. The topological polar surface area (TPSA) is 102 Å². The van der Waals surface area contributed by atoms with E-state index in [-0.39, 0.29) is 21.9 Å². The molecule has 2 aromatic rings. The van der Waals surface area contributed by atoms with E-state index < -0.39 is 20.0 Å². The molecule has 0 aliphatic carbocycles. The highest BCUT2D eigenvalue weighted by atomic mass is 32.2. The predicted molar refractivity (Wildman–Crippen MR) is 131 cm³/mol. The highest BCUT2D eigenvalue weighted by Crippen LogP contribution is 2.24. The molecule has 33 heavy (non-hydrogen) atoms. The number of sulfonamides is 2. The van der Waals surface area contributed by atoms with Crippen LogP contribution in [0.2, 0.25) is 0 Å². The van der Waals surface area contributed by atoms with Gasteiger partial charge in [-0.3, -0.25) is 0 Å². The second-order valence-corrected chi connectivity index (χ2v) is 11.0. The van der Waals surface area contributed by atoms with Gasteiger partial charge in [-0.15, -0.1) is 0 Å². The van der Waals surface area contributed by atoms with Gasteiger partial charge in [0.05, 0.1) is 9.79 Å². The van der Waals surface area contributed by atoms with Crippen LogP contribution in [0.15, 0.2) is 82.6 Å². The molecule has 0 aromatic heterocycles. The summed E-state index contributed by atoms with van der Waals surface area (Å²) in [5, 5.41) is 0. The normalized spacial score (nSPS) is 14.5. The molecule has 2 aromatic carbocycles. The molecule has 0 amide bonds. The Morgan fingerprint density at radius 2 is 1.03 bits per heavy atom. The molecule has 2 N–H and O–H groups in total. The van der Waals surface area contributed by atoms with Gasteiger partial charge < -0.3 is 4.74 Å². The highest BCUT2D eigenvalue weighted by Gasteiger charge is 2.17. The van der Waals surface area contributed by atoms with E-state index >= 15 is 0 Å². The maximum absolute atomic E-state index is 12.5. The zero-order valence-electron chi connectivity index (χ0n) is 19.4. The summed E-state index contributed by atoms with van der Waals surface area (Å²) in [7, 11) is -7.31. The Kier molecular flexibility index (Phi) is 9.85. The third-order valence-electron chi connectivity index (χ3n) is 4.51. The number of ether oxygens (including phenoxy) is 1. The summed E-state index contributed by atoms with van der Waals surface area (Å²) >= 11 is 0. The van der Waals surface area contributed by atoms with Gasteiger partial charge in [-0.25, -0.2) is 26.3 Å². The van der Waals surface area contributed by atoms with Crippen molar-refractivity contribution in [1.29, 1.82) is 0 Å². The Morgan fingerprint density at radius 1 is 0.697 bits per heavy atom. The highest BCUT2D eigenvalue weighted by molar-refractivity contribution is 7.89. The van der Waals surface area contributed by atoms with Crippen LogP contribution in [-0.4, -0.2) is 28.9 Å². The van der Waals surface area contributed by atoms with E-state index in [1.165, 1.54) is 24.3 Å². The molecular weight excluding hydrogens is 460 g/mol. The van der Waals surface area contributed by atoms with E-state index in [2.05, 4.69) is 9.44 Å². The van der Waals surface area contributed by atoms with E-state index in [4.69, 9.17) is 4.74 Å². The van der Waals surface area contributed by atoms with Gasteiger partial charge in [0, 0.05) is 12.1 Å². The van der Waals surface area contributed by atoms with Crippen LogP contribution in [0.3, 0.4) is 0 Å². The lowest BCUT2D eigenvalue weighted by atomic mass is 10.3. The molecule has 0 saturated heterocycles. The first-order chi connectivity index (χ1) is 15.6. The summed E-state index contributed by atoms with van der Waals surface area (Å²) in [6.07, 6.45) is 9.07. The molecular formula is C24H32N2O5S2. The molecule has 7 nitrogen and oxygen atoms in total. The third-order valence-corrected chi connectivity index (χ3v) is 7.66. The molecule has 9 heteroatoms. The van der Waals surface area contributed by atoms with Crippen LogP contribution in [0.5, 0.6) is 11.5 Å². The van der Waals surface area contributed by atoms with Gasteiger partial charge in [0.15, 0.2) is 0 Å². The molecule has 0 radical (unpaired) electrons. The molecule has 0 aliphatic rings. The van der Waals surface area contributed by atoms with Gasteiger partial charge in [-0.1, -0.05) is 38.2 Å². The van der Waals surface area contributed by atoms with Crippen LogP contribution in [0.1, 0.15) is 40.5 Å². The van der Waals surface area contributed by atoms with Crippen LogP contribution < -0.4 is 14.2 Å². The Morgan fingerprint density at radius 3 is 1.33 bits per heavy atom. The quantitative estimate of drug-likeness (QED) is 0.417. The summed E-state index contributed by atoms with van der Waals surface area (Å²) in [5.74, 6) is 0.861. The van der Waals surface area contributed by atoms with Crippen LogP contribution >= 0.6 is 0 Å². The van der Waals surface area contributed by atoms with Gasteiger partial charge in [-0.2, -0.15) is 0 Å². The standard InChI is InChI=1S/C24H32N2O5S2/c1-5-7-9-19(3)25-32(27,28)23-15-11-21(12-16-23)31-22-13-17-24(18-14-22)33(29,30)26-20(4)10-8-6-2/h7-20,25-26H,5-6H2,1-4H3. The molecule has 0 spiro atoms. The van der Waals surface area contributed by atoms with Crippen molar-refractivity contribution in [3.63, 3.8) is 0 Å². The van der Waals surface area contributed by atoms with E-state index in [0.29, 0.717) is 11.5 Å². The zero-order valence-corrected chi connectivity index (χ0v) is 21.0. The first-order valence-corrected chi connectivity index (χ1v) is 13.8.